The molecule has 12 nitrogen and oxygen atoms in total. The van der Waals surface area contributed by atoms with Crippen molar-refractivity contribution >= 4 is 35.8 Å². The van der Waals surface area contributed by atoms with Gasteiger partial charge in [0.05, 0.1) is 0 Å². The summed E-state index contributed by atoms with van der Waals surface area (Å²) in [6.07, 6.45) is -7.36. The number of hydrogen-bond donors (Lipinski definition) is 1. The Labute approximate surface area is 160 Å². The summed E-state index contributed by atoms with van der Waals surface area (Å²) < 4.78 is 24.2. The van der Waals surface area contributed by atoms with Gasteiger partial charge in [0.1, 0.15) is 6.61 Å². The summed E-state index contributed by atoms with van der Waals surface area (Å²) in [6, 6.07) is 0. The molecule has 0 aliphatic rings. The van der Waals surface area contributed by atoms with Crippen molar-refractivity contribution in [2.75, 3.05) is 6.61 Å². The summed E-state index contributed by atoms with van der Waals surface area (Å²) in [5.41, 5.74) is 0. The topological polar surface area (TPSA) is 169 Å². The number of carboxylic acids is 1. The molecule has 0 aromatic heterocycles. The predicted octanol–water partition coefficient (Wildman–Crippen LogP) is -0.639. The molecule has 158 valence electrons. The smallest absolute Gasteiger partial charge is 0.349 e. The SMILES string of the molecule is CC(=O)OC[C@@H](OC(C)=O)[C@H](OC(C)=O)[C@@H](OC(C)=O)[C@@H](OC(C)=O)C(=O)O. The van der Waals surface area contributed by atoms with Crippen LogP contribution in [0.2, 0.25) is 0 Å². The molecule has 0 bridgehead atoms. The van der Waals surface area contributed by atoms with Crippen molar-refractivity contribution in [1.29, 1.82) is 0 Å². The van der Waals surface area contributed by atoms with Gasteiger partial charge in [-0.2, -0.15) is 0 Å². The maximum absolute atomic E-state index is 11.6. The number of rotatable bonds is 10. The van der Waals surface area contributed by atoms with E-state index in [0.717, 1.165) is 34.6 Å². The first-order chi connectivity index (χ1) is 12.8. The van der Waals surface area contributed by atoms with E-state index in [-0.39, 0.29) is 0 Å². The minimum absolute atomic E-state index is 0.656. The molecule has 12 heteroatoms. The summed E-state index contributed by atoms with van der Waals surface area (Å²) >= 11 is 0. The average molecular weight is 406 g/mol. The maximum atomic E-state index is 11.6. The molecule has 0 aromatic carbocycles. The fourth-order valence-electron chi connectivity index (χ4n) is 2.08. The summed E-state index contributed by atoms with van der Waals surface area (Å²) in [5.74, 6) is -6.40. The van der Waals surface area contributed by atoms with Gasteiger partial charge in [-0.3, -0.25) is 24.0 Å². The lowest BCUT2D eigenvalue weighted by atomic mass is 10.0. The molecule has 0 heterocycles. The van der Waals surface area contributed by atoms with Gasteiger partial charge >= 0.3 is 35.8 Å². The van der Waals surface area contributed by atoms with E-state index < -0.39 is 66.8 Å². The fourth-order valence-corrected chi connectivity index (χ4v) is 2.08. The van der Waals surface area contributed by atoms with Crippen LogP contribution in [0.3, 0.4) is 0 Å². The molecule has 1 N–H and O–H groups in total. The Hall–Kier alpha value is -3.18. The van der Waals surface area contributed by atoms with E-state index in [9.17, 15) is 33.9 Å². The molecule has 0 aliphatic heterocycles. The van der Waals surface area contributed by atoms with Gasteiger partial charge in [0, 0.05) is 34.6 Å². The van der Waals surface area contributed by atoms with Crippen LogP contribution in [0.1, 0.15) is 34.6 Å². The molecule has 0 aliphatic carbocycles. The molecule has 0 unspecified atom stereocenters. The number of carbonyl (C=O) groups is 6. The standard InChI is InChI=1S/C16H22O12/c1-7(17)24-6-12(25-8(2)18)13(26-9(3)19)14(27-10(4)20)15(16(22)23)28-11(5)21/h12-15H,6H2,1-5H3,(H,22,23)/t12-,13+,14-,15-/m1/s1. The first kappa shape index (κ1) is 24.8. The average Bonchev–Trinajstić information content (AvgIpc) is 2.51. The van der Waals surface area contributed by atoms with E-state index in [1.54, 1.807) is 0 Å². The van der Waals surface area contributed by atoms with E-state index in [0.29, 0.717) is 0 Å². The first-order valence-corrected chi connectivity index (χ1v) is 7.90. The minimum Gasteiger partial charge on any atom is -0.478 e. The summed E-state index contributed by atoms with van der Waals surface area (Å²) in [4.78, 5) is 68.3. The Morgan fingerprint density at radius 3 is 1.43 bits per heavy atom. The highest BCUT2D eigenvalue weighted by atomic mass is 16.6. The van der Waals surface area contributed by atoms with E-state index in [1.807, 2.05) is 0 Å². The Bertz CT molecular complexity index is 625. The second-order valence-corrected chi connectivity index (χ2v) is 5.47. The van der Waals surface area contributed by atoms with E-state index in [4.69, 9.17) is 18.9 Å². The third kappa shape index (κ3) is 9.50. The Balaban J connectivity index is 6.18. The molecule has 4 atom stereocenters. The van der Waals surface area contributed by atoms with Gasteiger partial charge in [-0.15, -0.1) is 0 Å². The molecule has 0 saturated heterocycles. The molecule has 0 saturated carbocycles. The molecule has 0 radical (unpaired) electrons. The van der Waals surface area contributed by atoms with Crippen LogP contribution in [-0.2, 0) is 52.5 Å². The van der Waals surface area contributed by atoms with Crippen molar-refractivity contribution in [2.24, 2.45) is 0 Å². The van der Waals surface area contributed by atoms with Crippen molar-refractivity contribution in [3.63, 3.8) is 0 Å². The zero-order valence-corrected chi connectivity index (χ0v) is 16.0. The first-order valence-electron chi connectivity index (χ1n) is 7.90. The van der Waals surface area contributed by atoms with Crippen LogP contribution in [0.15, 0.2) is 0 Å². The number of ether oxygens (including phenoxy) is 5. The number of esters is 5. The van der Waals surface area contributed by atoms with Crippen molar-refractivity contribution < 1.29 is 57.6 Å². The molecule has 0 aromatic rings. The highest BCUT2D eigenvalue weighted by Crippen LogP contribution is 2.20. The van der Waals surface area contributed by atoms with Crippen LogP contribution in [0.4, 0.5) is 0 Å². The van der Waals surface area contributed by atoms with Crippen LogP contribution in [0.25, 0.3) is 0 Å². The molecule has 0 amide bonds. The Morgan fingerprint density at radius 2 is 1.07 bits per heavy atom. The van der Waals surface area contributed by atoms with E-state index >= 15 is 0 Å². The zero-order chi connectivity index (χ0) is 22.0. The van der Waals surface area contributed by atoms with Crippen molar-refractivity contribution in [1.82, 2.24) is 0 Å². The van der Waals surface area contributed by atoms with Crippen molar-refractivity contribution in [3.8, 4) is 0 Å². The van der Waals surface area contributed by atoms with Gasteiger partial charge in [-0.25, -0.2) is 4.79 Å². The van der Waals surface area contributed by atoms with Crippen molar-refractivity contribution in [3.05, 3.63) is 0 Å². The Kier molecular flexibility index (Phi) is 10.2. The fraction of sp³-hybridized carbons (Fsp3) is 0.625. The Morgan fingerprint density at radius 1 is 0.643 bits per heavy atom. The van der Waals surface area contributed by atoms with Gasteiger partial charge in [0.25, 0.3) is 0 Å². The molecule has 28 heavy (non-hydrogen) atoms. The van der Waals surface area contributed by atoms with Gasteiger partial charge in [0.2, 0.25) is 6.10 Å². The molecular weight excluding hydrogens is 384 g/mol. The van der Waals surface area contributed by atoms with Crippen LogP contribution < -0.4 is 0 Å². The molecular formula is C16H22O12. The summed E-state index contributed by atoms with van der Waals surface area (Å²) in [7, 11) is 0. The summed E-state index contributed by atoms with van der Waals surface area (Å²) in [6.45, 7) is 4.18. The van der Waals surface area contributed by atoms with Crippen LogP contribution in [0, 0.1) is 0 Å². The van der Waals surface area contributed by atoms with Crippen LogP contribution in [-0.4, -0.2) is 71.9 Å². The molecule has 0 fully saturated rings. The lowest BCUT2D eigenvalue weighted by Gasteiger charge is -2.33. The van der Waals surface area contributed by atoms with Gasteiger partial charge in [-0.1, -0.05) is 0 Å². The van der Waals surface area contributed by atoms with Crippen LogP contribution >= 0.6 is 0 Å². The number of carbonyl (C=O) groups excluding carboxylic acids is 5. The monoisotopic (exact) mass is 406 g/mol. The lowest BCUT2D eigenvalue weighted by molar-refractivity contribution is -0.206. The molecule has 0 spiro atoms. The molecule has 0 rings (SSSR count). The zero-order valence-electron chi connectivity index (χ0n) is 16.0. The number of hydrogen-bond acceptors (Lipinski definition) is 11. The highest BCUT2D eigenvalue weighted by Gasteiger charge is 2.47. The van der Waals surface area contributed by atoms with Crippen molar-refractivity contribution in [2.45, 2.75) is 59.0 Å². The maximum Gasteiger partial charge on any atom is 0.349 e. The second-order valence-electron chi connectivity index (χ2n) is 5.47. The predicted molar refractivity (Wildman–Crippen MR) is 86.5 cm³/mol. The number of aliphatic carboxylic acids is 1. The minimum atomic E-state index is -2.11. The lowest BCUT2D eigenvalue weighted by Crippen LogP contribution is -2.55. The third-order valence-electron chi connectivity index (χ3n) is 2.90. The summed E-state index contributed by atoms with van der Waals surface area (Å²) in [5, 5.41) is 9.37. The quantitative estimate of drug-likeness (QED) is 0.360. The third-order valence-corrected chi connectivity index (χ3v) is 2.90. The normalized spacial score (nSPS) is 14.5. The largest absolute Gasteiger partial charge is 0.478 e. The number of carboxylic acid groups (broad SMARTS) is 1. The van der Waals surface area contributed by atoms with E-state index in [1.165, 1.54) is 0 Å². The van der Waals surface area contributed by atoms with E-state index in [2.05, 4.69) is 4.74 Å². The second kappa shape index (κ2) is 11.5. The van der Waals surface area contributed by atoms with Gasteiger partial charge < -0.3 is 28.8 Å². The van der Waals surface area contributed by atoms with Gasteiger partial charge in [-0.05, 0) is 0 Å². The van der Waals surface area contributed by atoms with Gasteiger partial charge in [0.15, 0.2) is 18.3 Å². The highest BCUT2D eigenvalue weighted by molar-refractivity contribution is 5.78. The van der Waals surface area contributed by atoms with Crippen LogP contribution in [0.5, 0.6) is 0 Å².